The average molecular weight is 273 g/mol. The van der Waals surface area contributed by atoms with Crippen molar-refractivity contribution in [1.82, 2.24) is 10.1 Å². The molecular formula is C13H11N3O2S. The lowest BCUT2D eigenvalue weighted by Crippen LogP contribution is -1.84. The van der Waals surface area contributed by atoms with Gasteiger partial charge in [-0.25, -0.2) is 0 Å². The molecular weight excluding hydrogens is 262 g/mol. The van der Waals surface area contributed by atoms with Gasteiger partial charge in [0.05, 0.1) is 12.0 Å². The van der Waals surface area contributed by atoms with Gasteiger partial charge < -0.3 is 14.7 Å². The molecule has 0 amide bonds. The Morgan fingerprint density at radius 1 is 1.16 bits per heavy atom. The molecule has 19 heavy (non-hydrogen) atoms. The van der Waals surface area contributed by atoms with Gasteiger partial charge in [0, 0.05) is 10.6 Å². The Kier molecular flexibility index (Phi) is 3.24. The summed E-state index contributed by atoms with van der Waals surface area (Å²) in [7, 11) is 0. The number of nitrogen functional groups attached to an aromatic ring is 1. The van der Waals surface area contributed by atoms with E-state index in [-0.39, 0.29) is 0 Å². The molecule has 96 valence electrons. The second-order valence-corrected chi connectivity index (χ2v) is 4.90. The van der Waals surface area contributed by atoms with Crippen LogP contribution < -0.4 is 5.73 Å². The SMILES string of the molecule is Nc1ccc(SCc2nc(-c3ccco3)no2)cc1. The molecule has 0 fully saturated rings. The fourth-order valence-corrected chi connectivity index (χ4v) is 2.26. The van der Waals surface area contributed by atoms with Gasteiger partial charge in [-0.05, 0) is 36.4 Å². The van der Waals surface area contributed by atoms with E-state index >= 15 is 0 Å². The highest BCUT2D eigenvalue weighted by molar-refractivity contribution is 7.98. The van der Waals surface area contributed by atoms with Gasteiger partial charge in [0.15, 0.2) is 5.76 Å². The van der Waals surface area contributed by atoms with E-state index in [1.807, 2.05) is 24.3 Å². The van der Waals surface area contributed by atoms with Crippen LogP contribution in [0.5, 0.6) is 0 Å². The van der Waals surface area contributed by atoms with Gasteiger partial charge in [0.25, 0.3) is 0 Å². The van der Waals surface area contributed by atoms with E-state index in [1.165, 1.54) is 0 Å². The van der Waals surface area contributed by atoms with Gasteiger partial charge in [-0.15, -0.1) is 11.8 Å². The Balaban J connectivity index is 1.66. The zero-order valence-corrected chi connectivity index (χ0v) is 10.8. The summed E-state index contributed by atoms with van der Waals surface area (Å²) >= 11 is 1.61. The first kappa shape index (κ1) is 11.9. The minimum atomic E-state index is 0.470. The van der Waals surface area contributed by atoms with Crippen molar-refractivity contribution >= 4 is 17.4 Å². The highest BCUT2D eigenvalue weighted by atomic mass is 32.2. The van der Waals surface area contributed by atoms with Gasteiger partial charge in [-0.2, -0.15) is 4.98 Å². The fourth-order valence-electron chi connectivity index (χ4n) is 1.53. The number of anilines is 1. The monoisotopic (exact) mass is 273 g/mol. The second-order valence-electron chi connectivity index (χ2n) is 3.85. The van der Waals surface area contributed by atoms with Gasteiger partial charge in [-0.1, -0.05) is 5.16 Å². The molecule has 0 aliphatic carbocycles. The molecule has 2 heterocycles. The smallest absolute Gasteiger partial charge is 0.238 e. The Labute approximate surface area is 113 Å². The number of furan rings is 1. The van der Waals surface area contributed by atoms with Crippen molar-refractivity contribution in [3.8, 4) is 11.6 Å². The number of nitrogens with two attached hydrogens (primary N) is 1. The lowest BCUT2D eigenvalue weighted by atomic mass is 10.3. The molecule has 0 aliphatic heterocycles. The topological polar surface area (TPSA) is 78.1 Å². The van der Waals surface area contributed by atoms with E-state index in [2.05, 4.69) is 10.1 Å². The molecule has 0 aliphatic rings. The van der Waals surface area contributed by atoms with Crippen molar-refractivity contribution < 1.29 is 8.94 Å². The molecule has 0 unspecified atom stereocenters. The highest BCUT2D eigenvalue weighted by Gasteiger charge is 2.10. The third-order valence-electron chi connectivity index (χ3n) is 2.45. The molecule has 0 saturated carbocycles. The van der Waals surface area contributed by atoms with E-state index < -0.39 is 0 Å². The van der Waals surface area contributed by atoms with Crippen LogP contribution in [0.3, 0.4) is 0 Å². The van der Waals surface area contributed by atoms with Crippen LogP contribution in [0.4, 0.5) is 5.69 Å². The summed E-state index contributed by atoms with van der Waals surface area (Å²) < 4.78 is 10.4. The molecule has 0 atom stereocenters. The Morgan fingerprint density at radius 2 is 2.00 bits per heavy atom. The summed E-state index contributed by atoms with van der Waals surface area (Å²) in [4.78, 5) is 5.37. The molecule has 2 aromatic heterocycles. The molecule has 3 rings (SSSR count). The summed E-state index contributed by atoms with van der Waals surface area (Å²) in [5.41, 5.74) is 6.38. The number of aromatic nitrogens is 2. The molecule has 3 aromatic rings. The lowest BCUT2D eigenvalue weighted by Gasteiger charge is -1.98. The van der Waals surface area contributed by atoms with E-state index in [0.29, 0.717) is 23.2 Å². The lowest BCUT2D eigenvalue weighted by molar-refractivity contribution is 0.390. The Bertz CT molecular complexity index is 647. The number of thioether (sulfide) groups is 1. The third-order valence-corrected chi connectivity index (χ3v) is 3.45. The van der Waals surface area contributed by atoms with E-state index in [9.17, 15) is 0 Å². The first-order chi connectivity index (χ1) is 9.31. The van der Waals surface area contributed by atoms with Crippen LogP contribution in [-0.2, 0) is 5.75 Å². The van der Waals surface area contributed by atoms with E-state index in [0.717, 1.165) is 10.6 Å². The summed E-state index contributed by atoms with van der Waals surface area (Å²) in [6, 6.07) is 11.2. The number of nitrogens with zero attached hydrogens (tertiary/aromatic N) is 2. The van der Waals surface area contributed by atoms with E-state index in [1.54, 1.807) is 30.2 Å². The molecule has 1 aromatic carbocycles. The second kappa shape index (κ2) is 5.19. The largest absolute Gasteiger partial charge is 0.461 e. The predicted molar refractivity (Wildman–Crippen MR) is 72.4 cm³/mol. The number of rotatable bonds is 4. The van der Waals surface area contributed by atoms with Crippen LogP contribution in [0.1, 0.15) is 5.89 Å². The highest BCUT2D eigenvalue weighted by Crippen LogP contribution is 2.24. The Morgan fingerprint density at radius 3 is 2.74 bits per heavy atom. The Hall–Kier alpha value is -2.21. The van der Waals surface area contributed by atoms with Crippen LogP contribution in [0, 0.1) is 0 Å². The fraction of sp³-hybridized carbons (Fsp3) is 0.0769. The third kappa shape index (κ3) is 2.79. The standard InChI is InChI=1S/C13H11N3O2S/c14-9-3-5-10(6-4-9)19-8-12-15-13(16-18-12)11-2-1-7-17-11/h1-7H,8,14H2. The van der Waals surface area contributed by atoms with Crippen molar-refractivity contribution in [2.24, 2.45) is 0 Å². The maximum absolute atomic E-state index is 5.63. The molecule has 0 bridgehead atoms. The average Bonchev–Trinajstić information content (AvgIpc) is 3.09. The number of benzene rings is 1. The minimum absolute atomic E-state index is 0.470. The maximum Gasteiger partial charge on any atom is 0.238 e. The summed E-state index contributed by atoms with van der Waals surface area (Å²) in [6.45, 7) is 0. The summed E-state index contributed by atoms with van der Waals surface area (Å²) in [5, 5.41) is 3.87. The van der Waals surface area contributed by atoms with Crippen LogP contribution in [0.15, 0.2) is 56.5 Å². The van der Waals surface area contributed by atoms with Crippen molar-refractivity contribution in [1.29, 1.82) is 0 Å². The van der Waals surface area contributed by atoms with Crippen LogP contribution in [-0.4, -0.2) is 10.1 Å². The van der Waals surface area contributed by atoms with Crippen LogP contribution in [0.2, 0.25) is 0 Å². The normalized spacial score (nSPS) is 10.7. The predicted octanol–water partition coefficient (Wildman–Crippen LogP) is 3.20. The van der Waals surface area contributed by atoms with Crippen LogP contribution in [0.25, 0.3) is 11.6 Å². The maximum atomic E-state index is 5.63. The minimum Gasteiger partial charge on any atom is -0.461 e. The molecule has 0 spiro atoms. The quantitative estimate of drug-likeness (QED) is 0.581. The van der Waals surface area contributed by atoms with Gasteiger partial charge in [-0.3, -0.25) is 0 Å². The first-order valence-corrected chi connectivity index (χ1v) is 6.64. The first-order valence-electron chi connectivity index (χ1n) is 5.66. The van der Waals surface area contributed by atoms with Gasteiger partial charge in [0.2, 0.25) is 11.7 Å². The molecule has 0 radical (unpaired) electrons. The van der Waals surface area contributed by atoms with Crippen molar-refractivity contribution in [3.05, 3.63) is 48.6 Å². The summed E-state index contributed by atoms with van der Waals surface area (Å²) in [6.07, 6.45) is 1.58. The number of hydrogen-bond donors (Lipinski definition) is 1. The number of hydrogen-bond acceptors (Lipinski definition) is 6. The summed E-state index contributed by atoms with van der Waals surface area (Å²) in [5.74, 6) is 2.25. The molecule has 5 nitrogen and oxygen atoms in total. The van der Waals surface area contributed by atoms with Crippen molar-refractivity contribution in [2.75, 3.05) is 5.73 Å². The van der Waals surface area contributed by atoms with Crippen molar-refractivity contribution in [3.63, 3.8) is 0 Å². The zero-order chi connectivity index (χ0) is 13.1. The zero-order valence-electron chi connectivity index (χ0n) is 9.95. The van der Waals surface area contributed by atoms with Gasteiger partial charge >= 0.3 is 0 Å². The van der Waals surface area contributed by atoms with Crippen molar-refractivity contribution in [2.45, 2.75) is 10.6 Å². The molecule has 0 saturated heterocycles. The molecule has 2 N–H and O–H groups in total. The van der Waals surface area contributed by atoms with Crippen LogP contribution >= 0.6 is 11.8 Å². The van der Waals surface area contributed by atoms with E-state index in [4.69, 9.17) is 14.7 Å². The van der Waals surface area contributed by atoms with Gasteiger partial charge in [0.1, 0.15) is 0 Å². The molecule has 6 heteroatoms.